The Morgan fingerprint density at radius 3 is 1.00 bits per heavy atom. The van der Waals surface area contributed by atoms with Crippen LogP contribution in [-0.4, -0.2) is 200 Å². The Labute approximate surface area is 339 Å². The number of aliphatic hydroxyl groups is 3. The lowest BCUT2D eigenvalue weighted by molar-refractivity contribution is -0.873. The number of carbonyl (C=O) groups excluding carboxylic acids is 8. The number of methoxy groups -OCH3 is 3. The second kappa shape index (κ2) is 31.8. The molecular weight excluding hydrogens is 776 g/mol. The van der Waals surface area contributed by atoms with Gasteiger partial charge in [-0.1, -0.05) is 0 Å². The maximum absolute atomic E-state index is 12.1. The fourth-order valence-corrected chi connectivity index (χ4v) is 3.77. The third-order valence-electron chi connectivity index (χ3n) is 6.03. The van der Waals surface area contributed by atoms with Crippen molar-refractivity contribution in [3.63, 3.8) is 0 Å². The Morgan fingerprint density at radius 2 is 0.741 bits per heavy atom. The molecule has 0 aliphatic heterocycles. The van der Waals surface area contributed by atoms with Crippen LogP contribution >= 0.6 is 0 Å². The van der Waals surface area contributed by atoms with Gasteiger partial charge in [0.25, 0.3) is 0 Å². The van der Waals surface area contributed by atoms with Crippen LogP contribution in [0.3, 0.4) is 0 Å². The van der Waals surface area contributed by atoms with Crippen molar-refractivity contribution in [3.8, 4) is 0 Å². The first-order valence-corrected chi connectivity index (χ1v) is 16.7. The average Bonchev–Trinajstić information content (AvgIpc) is 3.09. The summed E-state index contributed by atoms with van der Waals surface area (Å²) < 4.78 is 38.4. The van der Waals surface area contributed by atoms with Crippen LogP contribution in [0.5, 0.6) is 0 Å². The van der Waals surface area contributed by atoms with Gasteiger partial charge in [-0.3, -0.25) is 9.59 Å². The van der Waals surface area contributed by atoms with Crippen molar-refractivity contribution < 1.29 is 101 Å². The minimum atomic E-state index is -1.20. The van der Waals surface area contributed by atoms with Gasteiger partial charge >= 0.3 is 47.8 Å². The summed E-state index contributed by atoms with van der Waals surface area (Å²) in [5.74, 6) is -6.50. The highest BCUT2D eigenvalue weighted by Gasteiger charge is 2.24. The first kappa shape index (κ1) is 59.5. The Balaban J connectivity index is -0.000000505. The van der Waals surface area contributed by atoms with E-state index in [0.717, 1.165) is 57.8 Å². The molecule has 0 saturated heterocycles. The molecule has 0 aromatic rings. The largest absolute Gasteiger partial charge is 0.466 e. The molecule has 0 amide bonds. The third-order valence-corrected chi connectivity index (χ3v) is 6.03. The summed E-state index contributed by atoms with van der Waals surface area (Å²) in [7, 11) is 14.5. The summed E-state index contributed by atoms with van der Waals surface area (Å²) in [6.45, 7) is -1.30. The molecule has 3 atom stereocenters. The lowest BCUT2D eigenvalue weighted by Crippen LogP contribution is -2.42. The predicted molar refractivity (Wildman–Crippen MR) is 203 cm³/mol. The van der Waals surface area contributed by atoms with Crippen LogP contribution in [0.15, 0.2) is 36.5 Å². The standard InChI is InChI=1S/C20H30NO11.C15H26NO8.2CH3/c1-21(2,3)11-14(22)10-20(27)32-15(12-30-18(25)8-6-16(23)28-4)13-31-19(26)9-7-17(24)29-5;1-16(2,3)8-11(18)7-15(21)24-12(9-17)10-23-14(20)6-5-13(19)22-4;;/h6-9,14-15,22H,10-13H2,1-5H3;5-6,11-12,17-18H,7-10H2,1-4H3;2*1H3/q2*+1;2*-1/b8-6+,9-7+;6-5+;;/t14-;11-,12?;;/m11../s1. The summed E-state index contributed by atoms with van der Waals surface area (Å²) in [5, 5.41) is 28.9. The van der Waals surface area contributed by atoms with Crippen LogP contribution in [0.25, 0.3) is 0 Å². The van der Waals surface area contributed by atoms with Crippen LogP contribution in [0.4, 0.5) is 0 Å². The molecule has 0 bridgehead atoms. The van der Waals surface area contributed by atoms with E-state index in [1.165, 1.54) is 0 Å². The highest BCUT2D eigenvalue weighted by atomic mass is 16.6. The zero-order valence-corrected chi connectivity index (χ0v) is 35.2. The number of hydrogen-bond acceptors (Lipinski definition) is 19. The number of likely N-dealkylation sites (N-methyl/N-ethyl adjacent to an activating group) is 2. The van der Waals surface area contributed by atoms with Crippen LogP contribution < -0.4 is 0 Å². The van der Waals surface area contributed by atoms with Gasteiger partial charge in [-0.15, -0.1) is 0 Å². The van der Waals surface area contributed by atoms with Crippen molar-refractivity contribution in [1.29, 1.82) is 0 Å². The van der Waals surface area contributed by atoms with E-state index in [9.17, 15) is 48.6 Å². The number of carbonyl (C=O) groups is 8. The molecule has 1 unspecified atom stereocenters. The second-order valence-corrected chi connectivity index (χ2v) is 13.5. The van der Waals surface area contributed by atoms with Gasteiger partial charge in [0.15, 0.2) is 12.2 Å². The van der Waals surface area contributed by atoms with Crippen LogP contribution in [0.2, 0.25) is 0 Å². The van der Waals surface area contributed by atoms with Crippen molar-refractivity contribution in [3.05, 3.63) is 51.3 Å². The second-order valence-electron chi connectivity index (χ2n) is 13.5. The molecule has 21 heteroatoms. The molecule has 334 valence electrons. The minimum Gasteiger partial charge on any atom is -0.466 e. The number of ether oxygens (including phenoxy) is 8. The molecule has 0 aliphatic rings. The van der Waals surface area contributed by atoms with Crippen LogP contribution in [0, 0.1) is 14.9 Å². The zero-order chi connectivity index (χ0) is 43.5. The van der Waals surface area contributed by atoms with E-state index in [0.29, 0.717) is 15.5 Å². The van der Waals surface area contributed by atoms with Crippen molar-refractivity contribution in [1.82, 2.24) is 0 Å². The zero-order valence-electron chi connectivity index (χ0n) is 35.2. The average molecular weight is 839 g/mol. The van der Waals surface area contributed by atoms with E-state index in [2.05, 4.69) is 14.2 Å². The van der Waals surface area contributed by atoms with Crippen molar-refractivity contribution in [2.24, 2.45) is 0 Å². The molecule has 0 saturated carbocycles. The molecule has 0 heterocycles. The van der Waals surface area contributed by atoms with E-state index < -0.39 is 92.0 Å². The Morgan fingerprint density at radius 1 is 0.483 bits per heavy atom. The first-order chi connectivity index (χ1) is 25.9. The number of quaternary nitrogens is 2. The van der Waals surface area contributed by atoms with E-state index in [1.807, 2.05) is 42.3 Å². The van der Waals surface area contributed by atoms with Crippen molar-refractivity contribution in [2.75, 3.05) is 103 Å². The van der Waals surface area contributed by atoms with Crippen LogP contribution in [0.1, 0.15) is 12.8 Å². The number of aliphatic hydroxyl groups excluding tert-OH is 3. The van der Waals surface area contributed by atoms with Gasteiger partial charge in [0.1, 0.15) is 45.1 Å². The van der Waals surface area contributed by atoms with Gasteiger partial charge in [0.2, 0.25) is 0 Å². The topological polar surface area (TPSA) is 271 Å². The summed E-state index contributed by atoms with van der Waals surface area (Å²) in [6.07, 6.45) is 0.318. The van der Waals surface area contributed by atoms with E-state index in [1.54, 1.807) is 0 Å². The molecule has 0 radical (unpaired) electrons. The molecule has 0 fully saturated rings. The van der Waals surface area contributed by atoms with Crippen LogP contribution in [-0.2, 0) is 76.3 Å². The fourth-order valence-electron chi connectivity index (χ4n) is 3.77. The summed E-state index contributed by atoms with van der Waals surface area (Å²) >= 11 is 0. The fraction of sp³-hybridized carbons (Fsp3) is 0.568. The first-order valence-electron chi connectivity index (χ1n) is 16.7. The summed E-state index contributed by atoms with van der Waals surface area (Å²) in [6, 6.07) is 0. The van der Waals surface area contributed by atoms with E-state index >= 15 is 0 Å². The molecule has 0 rings (SSSR count). The lowest BCUT2D eigenvalue weighted by atomic mass is 10.2. The van der Waals surface area contributed by atoms with Crippen molar-refractivity contribution >= 4 is 47.8 Å². The summed E-state index contributed by atoms with van der Waals surface area (Å²) in [4.78, 5) is 91.3. The van der Waals surface area contributed by atoms with Gasteiger partial charge in [-0.2, -0.15) is 0 Å². The molecule has 21 nitrogen and oxygen atoms in total. The lowest BCUT2D eigenvalue weighted by Gasteiger charge is -2.26. The molecule has 3 N–H and O–H groups in total. The molecule has 0 spiro atoms. The molecule has 58 heavy (non-hydrogen) atoms. The minimum absolute atomic E-state index is 0. The van der Waals surface area contributed by atoms with Gasteiger partial charge in [0, 0.05) is 36.5 Å². The highest BCUT2D eigenvalue weighted by Crippen LogP contribution is 2.06. The highest BCUT2D eigenvalue weighted by molar-refractivity contribution is 5.92. The Hall–Kier alpha value is -5.22. The maximum atomic E-state index is 12.1. The smallest absolute Gasteiger partial charge is 0.331 e. The Bertz CT molecular complexity index is 1340. The normalized spacial score (nSPS) is 12.7. The van der Waals surface area contributed by atoms with E-state index in [4.69, 9.17) is 28.8 Å². The SMILES string of the molecule is COC(=O)/C=C/C(=O)OCC(CO)OC(=O)C[C@@H](O)C[N+](C)(C)C.COC(=O)/C=C/C(=O)OCC(COC(=O)/C=C/C(=O)OC)OC(=O)C[C@@H](O)C[N+](C)(C)C.[CH3-].[CH3-]. The maximum Gasteiger partial charge on any atom is 0.331 e. The molecular formula is C37H62N2O19. The molecule has 0 aromatic heterocycles. The number of rotatable bonds is 23. The number of hydrogen-bond donors (Lipinski definition) is 3. The van der Waals surface area contributed by atoms with E-state index in [-0.39, 0.29) is 40.8 Å². The quantitative estimate of drug-likeness (QED) is 0.0344. The monoisotopic (exact) mass is 838 g/mol. The van der Waals surface area contributed by atoms with Gasteiger partial charge in [0.05, 0.1) is 83.1 Å². The Kier molecular flexibility index (Phi) is 32.6. The number of esters is 8. The third kappa shape index (κ3) is 36.4. The molecule has 0 aromatic carbocycles. The number of nitrogens with zero attached hydrogens (tertiary/aromatic N) is 2. The van der Waals surface area contributed by atoms with Gasteiger partial charge in [-0.25, -0.2) is 28.8 Å². The van der Waals surface area contributed by atoms with Gasteiger partial charge in [-0.05, 0) is 0 Å². The van der Waals surface area contributed by atoms with Crippen molar-refractivity contribution in [2.45, 2.75) is 37.3 Å². The predicted octanol–water partition coefficient (Wildman–Crippen LogP) is -1.58. The summed E-state index contributed by atoms with van der Waals surface area (Å²) in [5.41, 5.74) is 0. The molecule has 0 aliphatic carbocycles. The van der Waals surface area contributed by atoms with Gasteiger partial charge < -0.3 is 77.0 Å².